The Morgan fingerprint density at radius 3 is 2.23 bits per heavy atom. The molecular formula is C14H8Cl4N2O2. The van der Waals surface area contributed by atoms with Gasteiger partial charge in [-0.2, -0.15) is 0 Å². The van der Waals surface area contributed by atoms with Gasteiger partial charge in [-0.3, -0.25) is 0 Å². The van der Waals surface area contributed by atoms with Gasteiger partial charge in [0.2, 0.25) is 0 Å². The third-order valence-electron chi connectivity index (χ3n) is 2.60. The van der Waals surface area contributed by atoms with Gasteiger partial charge in [0.25, 0.3) is 0 Å². The number of halogens is 4. The Labute approximate surface area is 146 Å². The van der Waals surface area contributed by atoms with Crippen molar-refractivity contribution in [1.82, 2.24) is 0 Å². The summed E-state index contributed by atoms with van der Waals surface area (Å²) in [5, 5.41) is 4.57. The topological polar surface area (TPSA) is 64.7 Å². The predicted octanol–water partition coefficient (Wildman–Crippen LogP) is 4.78. The van der Waals surface area contributed by atoms with E-state index in [2.05, 4.69) is 5.16 Å². The summed E-state index contributed by atoms with van der Waals surface area (Å²) >= 11 is 23.6. The quantitative estimate of drug-likeness (QED) is 0.362. The van der Waals surface area contributed by atoms with Crippen molar-refractivity contribution in [2.24, 2.45) is 10.9 Å². The highest BCUT2D eigenvalue weighted by molar-refractivity contribution is 6.39. The van der Waals surface area contributed by atoms with Gasteiger partial charge in [-0.1, -0.05) is 57.6 Å². The van der Waals surface area contributed by atoms with Crippen molar-refractivity contribution in [3.05, 3.63) is 67.6 Å². The molecule has 0 saturated heterocycles. The molecule has 0 saturated carbocycles. The van der Waals surface area contributed by atoms with Crippen LogP contribution >= 0.6 is 46.4 Å². The van der Waals surface area contributed by atoms with Crippen LogP contribution in [0, 0.1) is 0 Å². The molecule has 0 aliphatic carbocycles. The van der Waals surface area contributed by atoms with E-state index in [1.165, 1.54) is 18.2 Å². The second-order valence-corrected chi connectivity index (χ2v) is 5.73. The van der Waals surface area contributed by atoms with Crippen molar-refractivity contribution in [3.63, 3.8) is 0 Å². The third-order valence-corrected chi connectivity index (χ3v) is 3.78. The number of amidine groups is 1. The van der Waals surface area contributed by atoms with E-state index >= 15 is 0 Å². The number of rotatable bonds is 3. The lowest BCUT2D eigenvalue weighted by molar-refractivity contribution is 0.0516. The Morgan fingerprint density at radius 2 is 1.64 bits per heavy atom. The molecule has 0 radical (unpaired) electrons. The summed E-state index contributed by atoms with van der Waals surface area (Å²) in [6, 6.07) is 9.25. The van der Waals surface area contributed by atoms with Gasteiger partial charge in [0.05, 0.1) is 20.6 Å². The minimum Gasteiger partial charge on any atom is -0.380 e. The molecule has 2 rings (SSSR count). The van der Waals surface area contributed by atoms with Crippen LogP contribution in [0.5, 0.6) is 0 Å². The van der Waals surface area contributed by atoms with E-state index in [0.29, 0.717) is 10.6 Å². The largest absolute Gasteiger partial charge is 0.380 e. The maximum absolute atomic E-state index is 12.0. The number of nitrogens with two attached hydrogens (primary N) is 1. The monoisotopic (exact) mass is 376 g/mol. The minimum absolute atomic E-state index is 0.00425. The van der Waals surface area contributed by atoms with Crippen molar-refractivity contribution in [3.8, 4) is 0 Å². The van der Waals surface area contributed by atoms with E-state index < -0.39 is 5.97 Å². The summed E-state index contributed by atoms with van der Waals surface area (Å²) in [5.74, 6) is -0.915. The molecule has 0 atom stereocenters. The molecule has 0 unspecified atom stereocenters. The van der Waals surface area contributed by atoms with Crippen molar-refractivity contribution >= 4 is 58.2 Å². The number of carbonyl (C=O) groups excluding carboxylic acids is 1. The number of benzene rings is 2. The Balaban J connectivity index is 2.22. The number of carbonyl (C=O) groups is 1. The fourth-order valence-electron chi connectivity index (χ4n) is 1.58. The molecule has 0 bridgehead atoms. The molecule has 4 nitrogen and oxygen atoms in total. The number of oxime groups is 1. The van der Waals surface area contributed by atoms with Gasteiger partial charge in [-0.15, -0.1) is 0 Å². The highest BCUT2D eigenvalue weighted by Crippen LogP contribution is 2.25. The van der Waals surface area contributed by atoms with Crippen LogP contribution in [0.4, 0.5) is 0 Å². The lowest BCUT2D eigenvalue weighted by atomic mass is 10.2. The molecule has 0 aliphatic heterocycles. The van der Waals surface area contributed by atoms with Crippen LogP contribution in [0.2, 0.25) is 20.1 Å². The van der Waals surface area contributed by atoms with E-state index in [0.717, 1.165) is 0 Å². The van der Waals surface area contributed by atoms with Crippen LogP contribution in [0.1, 0.15) is 15.9 Å². The molecule has 0 heterocycles. The van der Waals surface area contributed by atoms with Gasteiger partial charge in [0, 0.05) is 10.6 Å². The number of nitrogens with zero attached hydrogens (tertiary/aromatic N) is 1. The molecule has 114 valence electrons. The smallest absolute Gasteiger partial charge is 0.368 e. The average molecular weight is 378 g/mol. The van der Waals surface area contributed by atoms with E-state index in [1.807, 2.05) is 0 Å². The maximum Gasteiger partial charge on any atom is 0.368 e. The molecule has 0 amide bonds. The summed E-state index contributed by atoms with van der Waals surface area (Å²) in [7, 11) is 0. The molecule has 2 aromatic rings. The van der Waals surface area contributed by atoms with Crippen molar-refractivity contribution < 1.29 is 9.63 Å². The fourth-order valence-corrected chi connectivity index (χ4v) is 2.63. The van der Waals surface area contributed by atoms with Gasteiger partial charge in [0.1, 0.15) is 0 Å². The minimum atomic E-state index is -0.830. The molecule has 0 aliphatic rings. The Kier molecular flexibility index (Phi) is 5.53. The zero-order valence-corrected chi connectivity index (χ0v) is 13.8. The SMILES string of the molecule is N/C(=N\OC(=O)c1c(Cl)cccc1Cl)c1ccc(Cl)cc1Cl. The normalized spacial score (nSPS) is 11.4. The Hall–Kier alpha value is -1.46. The molecular weight excluding hydrogens is 370 g/mol. The molecule has 8 heteroatoms. The van der Waals surface area contributed by atoms with Gasteiger partial charge in [-0.05, 0) is 30.3 Å². The number of hydrogen-bond donors (Lipinski definition) is 1. The first-order valence-corrected chi connectivity index (χ1v) is 7.35. The lowest BCUT2D eigenvalue weighted by Crippen LogP contribution is -2.16. The molecule has 0 fully saturated rings. The predicted molar refractivity (Wildman–Crippen MR) is 89.1 cm³/mol. The van der Waals surface area contributed by atoms with Crippen molar-refractivity contribution in [2.45, 2.75) is 0 Å². The zero-order chi connectivity index (χ0) is 16.3. The summed E-state index contributed by atoms with van der Waals surface area (Å²) in [5.41, 5.74) is 6.11. The summed E-state index contributed by atoms with van der Waals surface area (Å²) in [6.45, 7) is 0. The van der Waals surface area contributed by atoms with Crippen LogP contribution in [-0.2, 0) is 4.84 Å². The van der Waals surface area contributed by atoms with Crippen molar-refractivity contribution in [2.75, 3.05) is 0 Å². The van der Waals surface area contributed by atoms with Gasteiger partial charge in [0.15, 0.2) is 5.84 Å². The summed E-state index contributed by atoms with van der Waals surface area (Å²) in [6.07, 6.45) is 0. The molecule has 0 spiro atoms. The molecule has 0 aromatic heterocycles. The van der Waals surface area contributed by atoms with Gasteiger partial charge < -0.3 is 10.6 Å². The third kappa shape index (κ3) is 3.84. The molecule has 22 heavy (non-hydrogen) atoms. The van der Waals surface area contributed by atoms with E-state index in [-0.39, 0.29) is 26.5 Å². The molecule has 2 N–H and O–H groups in total. The first kappa shape index (κ1) is 16.9. The zero-order valence-electron chi connectivity index (χ0n) is 10.8. The standard InChI is InChI=1S/C14H8Cl4N2O2/c15-7-4-5-8(11(18)6-7)13(19)20-22-14(21)12-9(16)2-1-3-10(12)17/h1-6H,(H2,19,20). The highest BCUT2D eigenvalue weighted by Gasteiger charge is 2.17. The average Bonchev–Trinajstić information content (AvgIpc) is 2.44. The van der Waals surface area contributed by atoms with Gasteiger partial charge >= 0.3 is 5.97 Å². The Morgan fingerprint density at radius 1 is 1.00 bits per heavy atom. The van der Waals surface area contributed by atoms with Crippen LogP contribution in [0.3, 0.4) is 0 Å². The summed E-state index contributed by atoms with van der Waals surface area (Å²) < 4.78 is 0. The summed E-state index contributed by atoms with van der Waals surface area (Å²) in [4.78, 5) is 16.7. The van der Waals surface area contributed by atoms with Crippen molar-refractivity contribution in [1.29, 1.82) is 0 Å². The lowest BCUT2D eigenvalue weighted by Gasteiger charge is -2.05. The van der Waals surface area contributed by atoms with E-state index in [9.17, 15) is 4.79 Å². The van der Waals surface area contributed by atoms with E-state index in [1.54, 1.807) is 18.2 Å². The number of hydrogen-bond acceptors (Lipinski definition) is 3. The highest BCUT2D eigenvalue weighted by atomic mass is 35.5. The van der Waals surface area contributed by atoms with E-state index in [4.69, 9.17) is 57.0 Å². The second-order valence-electron chi connectivity index (χ2n) is 4.08. The molecule has 2 aromatic carbocycles. The fraction of sp³-hybridized carbons (Fsp3) is 0. The first-order valence-electron chi connectivity index (χ1n) is 5.84. The van der Waals surface area contributed by atoms with Crippen LogP contribution < -0.4 is 5.73 Å². The second kappa shape index (κ2) is 7.20. The van der Waals surface area contributed by atoms with Crippen LogP contribution in [0.25, 0.3) is 0 Å². The van der Waals surface area contributed by atoms with Crippen LogP contribution in [0.15, 0.2) is 41.6 Å². The first-order chi connectivity index (χ1) is 10.4. The Bertz CT molecular complexity index is 742. The maximum atomic E-state index is 12.0. The van der Waals surface area contributed by atoms with Gasteiger partial charge in [-0.25, -0.2) is 4.79 Å². The van der Waals surface area contributed by atoms with Crippen LogP contribution in [-0.4, -0.2) is 11.8 Å².